The van der Waals surface area contributed by atoms with Crippen molar-refractivity contribution in [3.05, 3.63) is 23.3 Å². The SMILES string of the molecule is CCCC[C@@](C)(O)[C@@H]1C[C@]2(CC)C3Cc4ccc(O)c5c4C2(CCN3CC2CC2)[C@@H](O5)C1OC. The number of nitrogens with zero attached hydrogens (tertiary/aromatic N) is 1. The number of rotatable bonds is 8. The number of methoxy groups -OCH3 is 1. The van der Waals surface area contributed by atoms with Gasteiger partial charge in [0.15, 0.2) is 11.5 Å². The molecule has 2 N–H and O–H groups in total. The molecule has 0 radical (unpaired) electrons. The Morgan fingerprint density at radius 2 is 2.06 bits per heavy atom. The molecule has 7 atom stereocenters. The van der Waals surface area contributed by atoms with Crippen molar-refractivity contribution in [3.8, 4) is 11.5 Å². The van der Waals surface area contributed by atoms with Crippen LogP contribution in [0.2, 0.25) is 0 Å². The lowest BCUT2D eigenvalue weighted by Gasteiger charge is -2.69. The smallest absolute Gasteiger partial charge is 0.165 e. The molecule has 5 heteroatoms. The number of ether oxygens (including phenoxy) is 2. The van der Waals surface area contributed by atoms with Crippen molar-refractivity contribution >= 4 is 0 Å². The minimum atomic E-state index is -0.809. The molecule has 2 aliphatic heterocycles. The number of likely N-dealkylation sites (tertiary alicyclic amines) is 1. The minimum absolute atomic E-state index is 0.00325. The highest BCUT2D eigenvalue weighted by molar-refractivity contribution is 5.62. The maximum absolute atomic E-state index is 11.9. The fourth-order valence-corrected chi connectivity index (χ4v) is 8.98. The maximum atomic E-state index is 11.9. The molecule has 1 aromatic rings. The standard InChI is InChI=1S/C29H43NO4/c1-5-7-12-27(3,32)20-16-28(6-2)22-15-19-10-11-21(31)25-23(19)29(28,26(34-25)24(20)33-4)13-14-30(22)17-18-8-9-18/h10-11,18,20,22,24,26,31-32H,5-9,12-17H2,1-4H3/t20-,22?,24?,26+,27-,28-,29?/m1/s1. The molecule has 6 rings (SSSR count). The van der Waals surface area contributed by atoms with E-state index in [0.717, 1.165) is 57.4 Å². The molecule has 3 fully saturated rings. The molecule has 3 unspecified atom stereocenters. The number of benzene rings is 1. The lowest BCUT2D eigenvalue weighted by molar-refractivity contribution is -0.222. The van der Waals surface area contributed by atoms with Crippen LogP contribution in [0, 0.1) is 17.3 Å². The first-order valence-electron chi connectivity index (χ1n) is 13.8. The molecule has 1 aromatic carbocycles. The average molecular weight is 470 g/mol. The number of phenolic OH excluding ortho intramolecular Hbond substituents is 1. The first-order chi connectivity index (χ1) is 16.3. The molecule has 3 aliphatic carbocycles. The van der Waals surface area contributed by atoms with Crippen LogP contribution in [0.5, 0.6) is 11.5 Å². The Kier molecular flexibility index (Phi) is 5.34. The topological polar surface area (TPSA) is 62.2 Å². The van der Waals surface area contributed by atoms with Gasteiger partial charge in [-0.15, -0.1) is 0 Å². The number of phenols is 1. The molecule has 5 nitrogen and oxygen atoms in total. The third kappa shape index (κ3) is 2.90. The summed E-state index contributed by atoms with van der Waals surface area (Å²) in [5, 5.41) is 22.8. The van der Waals surface area contributed by atoms with Gasteiger partial charge in [-0.2, -0.15) is 0 Å². The predicted molar refractivity (Wildman–Crippen MR) is 132 cm³/mol. The van der Waals surface area contributed by atoms with Crippen LogP contribution in [0.1, 0.15) is 83.3 Å². The van der Waals surface area contributed by atoms with Crippen LogP contribution in [0.4, 0.5) is 0 Å². The highest BCUT2D eigenvalue weighted by Gasteiger charge is 2.75. The van der Waals surface area contributed by atoms with Gasteiger partial charge in [0.2, 0.25) is 0 Å². The van der Waals surface area contributed by atoms with E-state index < -0.39 is 5.60 Å². The Balaban J connectivity index is 1.53. The molecule has 34 heavy (non-hydrogen) atoms. The number of hydrogen-bond donors (Lipinski definition) is 2. The zero-order chi connectivity index (χ0) is 23.9. The average Bonchev–Trinajstić information content (AvgIpc) is 3.57. The molecular weight excluding hydrogens is 426 g/mol. The Hall–Kier alpha value is -1.30. The molecule has 2 bridgehead atoms. The number of hydrogen-bond acceptors (Lipinski definition) is 5. The van der Waals surface area contributed by atoms with Gasteiger partial charge < -0.3 is 19.7 Å². The van der Waals surface area contributed by atoms with Gasteiger partial charge in [0.05, 0.1) is 5.60 Å². The van der Waals surface area contributed by atoms with Crippen molar-refractivity contribution in [2.24, 2.45) is 17.3 Å². The van der Waals surface area contributed by atoms with Gasteiger partial charge >= 0.3 is 0 Å². The fourth-order valence-electron chi connectivity index (χ4n) is 8.98. The molecule has 1 saturated heterocycles. The Labute approximate surface area is 204 Å². The van der Waals surface area contributed by atoms with E-state index in [-0.39, 0.29) is 34.7 Å². The molecular formula is C29H43NO4. The monoisotopic (exact) mass is 469 g/mol. The van der Waals surface area contributed by atoms with Crippen molar-refractivity contribution in [1.29, 1.82) is 0 Å². The summed E-state index contributed by atoms with van der Waals surface area (Å²) in [7, 11) is 1.79. The molecule has 0 amide bonds. The summed E-state index contributed by atoms with van der Waals surface area (Å²) in [6.45, 7) is 8.88. The molecule has 5 aliphatic rings. The zero-order valence-electron chi connectivity index (χ0n) is 21.5. The van der Waals surface area contributed by atoms with Crippen LogP contribution in [-0.2, 0) is 16.6 Å². The summed E-state index contributed by atoms with van der Waals surface area (Å²) in [6.07, 6.45) is 9.32. The van der Waals surface area contributed by atoms with Crippen LogP contribution < -0.4 is 4.74 Å². The van der Waals surface area contributed by atoms with E-state index in [1.54, 1.807) is 7.11 Å². The second-order valence-electron chi connectivity index (χ2n) is 12.3. The van der Waals surface area contributed by atoms with Crippen LogP contribution in [0.3, 0.4) is 0 Å². The molecule has 2 heterocycles. The van der Waals surface area contributed by atoms with Crippen LogP contribution in [-0.4, -0.2) is 59.2 Å². The lowest BCUT2D eigenvalue weighted by atomic mass is 9.40. The lowest BCUT2D eigenvalue weighted by Crippen LogP contribution is -2.76. The number of aromatic hydroxyl groups is 1. The van der Waals surface area contributed by atoms with Crippen molar-refractivity contribution in [3.63, 3.8) is 0 Å². The molecule has 188 valence electrons. The van der Waals surface area contributed by atoms with Crippen molar-refractivity contribution in [2.45, 2.75) is 108 Å². The summed E-state index contributed by atoms with van der Waals surface area (Å²) in [4.78, 5) is 2.81. The van der Waals surface area contributed by atoms with Crippen molar-refractivity contribution in [1.82, 2.24) is 4.90 Å². The zero-order valence-corrected chi connectivity index (χ0v) is 21.5. The van der Waals surface area contributed by atoms with E-state index in [0.29, 0.717) is 11.8 Å². The Morgan fingerprint density at radius 1 is 1.26 bits per heavy atom. The Bertz CT molecular complexity index is 958. The molecule has 2 saturated carbocycles. The fraction of sp³-hybridized carbons (Fsp3) is 0.793. The molecule has 1 spiro atoms. The van der Waals surface area contributed by atoms with Crippen LogP contribution >= 0.6 is 0 Å². The number of unbranched alkanes of at least 4 members (excludes halogenated alkanes) is 1. The van der Waals surface area contributed by atoms with Gasteiger partial charge in [0.25, 0.3) is 0 Å². The first-order valence-corrected chi connectivity index (χ1v) is 13.8. The van der Waals surface area contributed by atoms with Crippen LogP contribution in [0.15, 0.2) is 12.1 Å². The quantitative estimate of drug-likeness (QED) is 0.572. The predicted octanol–water partition coefficient (Wildman–Crippen LogP) is 4.80. The summed E-state index contributed by atoms with van der Waals surface area (Å²) < 4.78 is 13.1. The van der Waals surface area contributed by atoms with E-state index in [4.69, 9.17) is 9.47 Å². The van der Waals surface area contributed by atoms with Gasteiger partial charge in [-0.25, -0.2) is 0 Å². The first kappa shape index (κ1) is 23.1. The summed E-state index contributed by atoms with van der Waals surface area (Å²) in [5.74, 6) is 1.82. The minimum Gasteiger partial charge on any atom is -0.504 e. The van der Waals surface area contributed by atoms with Gasteiger partial charge in [-0.05, 0) is 81.4 Å². The van der Waals surface area contributed by atoms with E-state index in [2.05, 4.69) is 24.8 Å². The normalized spacial score (nSPS) is 39.9. The second-order valence-corrected chi connectivity index (χ2v) is 12.3. The van der Waals surface area contributed by atoms with Gasteiger partial charge in [-0.3, -0.25) is 4.90 Å². The summed E-state index contributed by atoms with van der Waals surface area (Å²) in [5.41, 5.74) is 1.67. The van der Waals surface area contributed by atoms with Crippen molar-refractivity contribution < 1.29 is 19.7 Å². The second kappa shape index (κ2) is 7.85. The van der Waals surface area contributed by atoms with Crippen LogP contribution in [0.25, 0.3) is 0 Å². The summed E-state index contributed by atoms with van der Waals surface area (Å²) >= 11 is 0. The van der Waals surface area contributed by atoms with E-state index in [1.165, 1.54) is 30.5 Å². The van der Waals surface area contributed by atoms with E-state index >= 15 is 0 Å². The largest absolute Gasteiger partial charge is 0.504 e. The molecule has 0 aromatic heterocycles. The van der Waals surface area contributed by atoms with Gasteiger partial charge in [-0.1, -0.05) is 32.8 Å². The Morgan fingerprint density at radius 3 is 2.74 bits per heavy atom. The third-order valence-electron chi connectivity index (χ3n) is 10.8. The number of aliphatic hydroxyl groups is 1. The third-order valence-corrected chi connectivity index (χ3v) is 10.8. The maximum Gasteiger partial charge on any atom is 0.165 e. The summed E-state index contributed by atoms with van der Waals surface area (Å²) in [6, 6.07) is 4.43. The number of piperidine rings is 1. The highest BCUT2D eigenvalue weighted by atomic mass is 16.5. The highest BCUT2D eigenvalue weighted by Crippen LogP contribution is 2.72. The van der Waals surface area contributed by atoms with Gasteiger partial charge in [0.1, 0.15) is 12.2 Å². The van der Waals surface area contributed by atoms with Gasteiger partial charge in [0, 0.05) is 36.6 Å². The van der Waals surface area contributed by atoms with Crippen molar-refractivity contribution in [2.75, 3.05) is 20.2 Å². The van der Waals surface area contributed by atoms with E-state index in [9.17, 15) is 10.2 Å². The van der Waals surface area contributed by atoms with E-state index in [1.807, 2.05) is 13.0 Å².